The second-order valence-electron chi connectivity index (χ2n) is 8.48. The van der Waals surface area contributed by atoms with Crippen molar-refractivity contribution in [3.63, 3.8) is 0 Å². The molecular weight excluding hydrogens is 450 g/mol. The van der Waals surface area contributed by atoms with Crippen molar-refractivity contribution in [2.24, 2.45) is 0 Å². The number of aromatic nitrogens is 4. The Hall–Kier alpha value is -4.14. The topological polar surface area (TPSA) is 67.2 Å². The molecule has 9 heteroatoms. The zero-order valence-corrected chi connectivity index (χ0v) is 19.2. The summed E-state index contributed by atoms with van der Waals surface area (Å²) in [5, 5.41) is 0. The average molecular weight is 475 g/mol. The Kier molecular flexibility index (Phi) is 6.22. The largest absolute Gasteiger partial charge is 0.338 e. The number of hydrogen-bond donors (Lipinski definition) is 0. The lowest BCUT2D eigenvalue weighted by Gasteiger charge is -2.34. The number of carbonyl (C=O) groups excluding carboxylic acids is 1. The minimum absolute atomic E-state index is 0.0268. The van der Waals surface area contributed by atoms with E-state index in [1.54, 1.807) is 24.0 Å². The summed E-state index contributed by atoms with van der Waals surface area (Å²) in [6, 6.07) is 14.6. The SMILES string of the molecule is Cc1cc(-c2cn(CC(=O)N3CCN(c4ncc(F)cn4)CC3)c(-c3ccccc3)n2)ccc1F. The van der Waals surface area contributed by atoms with Crippen LogP contribution in [0.15, 0.2) is 67.1 Å². The van der Waals surface area contributed by atoms with E-state index in [1.807, 2.05) is 46.0 Å². The Morgan fingerprint density at radius 3 is 2.34 bits per heavy atom. The second-order valence-corrected chi connectivity index (χ2v) is 8.48. The molecule has 178 valence electrons. The maximum absolute atomic E-state index is 13.8. The number of anilines is 1. The fraction of sp³-hybridized carbons (Fsp3) is 0.231. The molecule has 5 rings (SSSR count). The highest BCUT2D eigenvalue weighted by Gasteiger charge is 2.24. The number of imidazole rings is 1. The van der Waals surface area contributed by atoms with Crippen molar-refractivity contribution in [2.75, 3.05) is 31.1 Å². The van der Waals surface area contributed by atoms with Gasteiger partial charge in [-0.2, -0.15) is 0 Å². The molecule has 3 heterocycles. The maximum Gasteiger partial charge on any atom is 0.242 e. The van der Waals surface area contributed by atoms with E-state index >= 15 is 0 Å². The van der Waals surface area contributed by atoms with Crippen LogP contribution in [0, 0.1) is 18.6 Å². The number of nitrogens with zero attached hydrogens (tertiary/aromatic N) is 6. The van der Waals surface area contributed by atoms with Crippen LogP contribution < -0.4 is 4.90 Å². The Bertz CT molecular complexity index is 1330. The van der Waals surface area contributed by atoms with E-state index in [1.165, 1.54) is 6.07 Å². The van der Waals surface area contributed by atoms with E-state index in [4.69, 9.17) is 4.98 Å². The molecule has 1 aliphatic heterocycles. The Morgan fingerprint density at radius 1 is 0.943 bits per heavy atom. The summed E-state index contributed by atoms with van der Waals surface area (Å²) in [6.45, 7) is 4.00. The summed E-state index contributed by atoms with van der Waals surface area (Å²) >= 11 is 0. The van der Waals surface area contributed by atoms with Gasteiger partial charge in [-0.25, -0.2) is 23.7 Å². The average Bonchev–Trinajstić information content (AvgIpc) is 3.30. The van der Waals surface area contributed by atoms with Gasteiger partial charge >= 0.3 is 0 Å². The first-order chi connectivity index (χ1) is 17.0. The van der Waals surface area contributed by atoms with Crippen molar-refractivity contribution in [3.8, 4) is 22.6 Å². The van der Waals surface area contributed by atoms with Crippen molar-refractivity contribution >= 4 is 11.9 Å². The molecule has 1 fully saturated rings. The lowest BCUT2D eigenvalue weighted by molar-refractivity contribution is -0.132. The minimum atomic E-state index is -0.479. The number of rotatable bonds is 5. The van der Waals surface area contributed by atoms with Crippen molar-refractivity contribution in [2.45, 2.75) is 13.5 Å². The highest BCUT2D eigenvalue weighted by molar-refractivity contribution is 5.78. The van der Waals surface area contributed by atoms with E-state index in [2.05, 4.69) is 9.97 Å². The Balaban J connectivity index is 1.35. The van der Waals surface area contributed by atoms with Gasteiger partial charge in [0.1, 0.15) is 18.2 Å². The number of carbonyl (C=O) groups is 1. The molecule has 0 spiro atoms. The molecule has 2 aromatic heterocycles. The highest BCUT2D eigenvalue weighted by Crippen LogP contribution is 2.26. The van der Waals surface area contributed by atoms with Crippen LogP contribution in [-0.4, -0.2) is 56.5 Å². The molecule has 0 bridgehead atoms. The molecule has 4 aromatic rings. The van der Waals surface area contributed by atoms with Crippen LogP contribution >= 0.6 is 0 Å². The second kappa shape index (κ2) is 9.61. The van der Waals surface area contributed by atoms with Crippen LogP contribution in [0.1, 0.15) is 5.56 Å². The summed E-state index contributed by atoms with van der Waals surface area (Å²) in [6.07, 6.45) is 4.13. The zero-order valence-electron chi connectivity index (χ0n) is 19.2. The van der Waals surface area contributed by atoms with Crippen molar-refractivity contribution in [1.82, 2.24) is 24.4 Å². The van der Waals surface area contributed by atoms with Crippen molar-refractivity contribution in [3.05, 3.63) is 84.3 Å². The van der Waals surface area contributed by atoms with Crippen LogP contribution in [0.3, 0.4) is 0 Å². The third-order valence-corrected chi connectivity index (χ3v) is 6.09. The van der Waals surface area contributed by atoms with Gasteiger partial charge in [0, 0.05) is 43.5 Å². The third-order valence-electron chi connectivity index (χ3n) is 6.09. The molecule has 0 N–H and O–H groups in total. The molecule has 0 aliphatic carbocycles. The van der Waals surface area contributed by atoms with Crippen LogP contribution in [-0.2, 0) is 11.3 Å². The van der Waals surface area contributed by atoms with E-state index in [-0.39, 0.29) is 18.3 Å². The highest BCUT2D eigenvalue weighted by atomic mass is 19.1. The van der Waals surface area contributed by atoms with Crippen molar-refractivity contribution < 1.29 is 13.6 Å². The minimum Gasteiger partial charge on any atom is -0.338 e. The lowest BCUT2D eigenvalue weighted by atomic mass is 10.1. The van der Waals surface area contributed by atoms with Crippen LogP contribution in [0.5, 0.6) is 0 Å². The predicted octanol–water partition coefficient (Wildman–Crippen LogP) is 3.94. The number of amides is 1. The van der Waals surface area contributed by atoms with E-state index < -0.39 is 5.82 Å². The summed E-state index contributed by atoms with van der Waals surface area (Å²) in [5.74, 6) is 0.359. The molecule has 0 saturated carbocycles. The molecule has 0 radical (unpaired) electrons. The normalized spacial score (nSPS) is 13.8. The van der Waals surface area contributed by atoms with Crippen LogP contribution in [0.2, 0.25) is 0 Å². The van der Waals surface area contributed by atoms with Crippen LogP contribution in [0.4, 0.5) is 14.7 Å². The lowest BCUT2D eigenvalue weighted by Crippen LogP contribution is -2.50. The van der Waals surface area contributed by atoms with Gasteiger partial charge in [0.2, 0.25) is 11.9 Å². The molecule has 1 saturated heterocycles. The number of benzene rings is 2. The van der Waals surface area contributed by atoms with Crippen LogP contribution in [0.25, 0.3) is 22.6 Å². The van der Waals surface area contributed by atoms with Gasteiger partial charge in [-0.15, -0.1) is 0 Å². The fourth-order valence-electron chi connectivity index (χ4n) is 4.17. The number of piperazine rings is 1. The first-order valence-corrected chi connectivity index (χ1v) is 11.4. The monoisotopic (exact) mass is 474 g/mol. The molecule has 7 nitrogen and oxygen atoms in total. The van der Waals surface area contributed by atoms with E-state index in [0.717, 1.165) is 23.5 Å². The molecule has 2 aromatic carbocycles. The zero-order chi connectivity index (χ0) is 24.4. The fourth-order valence-corrected chi connectivity index (χ4v) is 4.17. The molecule has 0 atom stereocenters. The molecule has 1 aliphatic rings. The van der Waals surface area contributed by atoms with Gasteiger partial charge in [-0.05, 0) is 30.7 Å². The van der Waals surface area contributed by atoms with Gasteiger partial charge in [-0.1, -0.05) is 30.3 Å². The molecular formula is C26H24F2N6O. The predicted molar refractivity (Wildman–Crippen MR) is 129 cm³/mol. The Labute approximate surface area is 201 Å². The van der Waals surface area contributed by atoms with Gasteiger partial charge < -0.3 is 14.4 Å². The van der Waals surface area contributed by atoms with Gasteiger partial charge in [0.15, 0.2) is 5.82 Å². The van der Waals surface area contributed by atoms with Gasteiger partial charge in [0.05, 0.1) is 18.1 Å². The third kappa shape index (κ3) is 4.89. The summed E-state index contributed by atoms with van der Waals surface area (Å²) in [7, 11) is 0. The van der Waals surface area contributed by atoms with Gasteiger partial charge in [-0.3, -0.25) is 4.79 Å². The molecule has 0 unspecified atom stereocenters. The first-order valence-electron chi connectivity index (χ1n) is 11.4. The first kappa shape index (κ1) is 22.6. The van der Waals surface area contributed by atoms with E-state index in [0.29, 0.717) is 49.2 Å². The quantitative estimate of drug-likeness (QED) is 0.438. The summed E-state index contributed by atoms with van der Waals surface area (Å²) < 4.78 is 28.8. The smallest absolute Gasteiger partial charge is 0.242 e. The number of aryl methyl sites for hydroxylation is 1. The molecule has 1 amide bonds. The van der Waals surface area contributed by atoms with Gasteiger partial charge in [0.25, 0.3) is 0 Å². The van der Waals surface area contributed by atoms with Crippen molar-refractivity contribution in [1.29, 1.82) is 0 Å². The maximum atomic E-state index is 13.8. The molecule has 35 heavy (non-hydrogen) atoms. The number of hydrogen-bond acceptors (Lipinski definition) is 5. The van der Waals surface area contributed by atoms with E-state index in [9.17, 15) is 13.6 Å². The summed E-state index contributed by atoms with van der Waals surface area (Å²) in [4.78, 5) is 29.8. The standard InChI is InChI=1S/C26H24F2N6O/c1-18-13-20(7-8-22(18)28)23-16-34(25(31-23)19-5-3-2-4-6-19)17-24(35)32-9-11-33(12-10-32)26-29-14-21(27)15-30-26/h2-8,13-16H,9-12,17H2,1H3. The Morgan fingerprint density at radius 2 is 1.66 bits per heavy atom. The number of halogens is 2. The summed E-state index contributed by atoms with van der Waals surface area (Å²) in [5.41, 5.74) is 2.90.